The van der Waals surface area contributed by atoms with Crippen molar-refractivity contribution >= 4 is 23.2 Å². The van der Waals surface area contributed by atoms with Gasteiger partial charge in [0.05, 0.1) is 6.54 Å². The van der Waals surface area contributed by atoms with Crippen LogP contribution >= 0.6 is 11.6 Å². The lowest BCUT2D eigenvalue weighted by Gasteiger charge is -2.29. The van der Waals surface area contributed by atoms with E-state index >= 15 is 0 Å². The summed E-state index contributed by atoms with van der Waals surface area (Å²) in [5.74, 6) is 1.26. The monoisotopic (exact) mass is 321 g/mol. The van der Waals surface area contributed by atoms with Crippen molar-refractivity contribution in [3.63, 3.8) is 0 Å². The molecule has 3 unspecified atom stereocenters. The van der Waals surface area contributed by atoms with Crippen molar-refractivity contribution in [2.45, 2.75) is 32.2 Å². The number of nitrogens with zero attached hydrogens (tertiary/aromatic N) is 1. The zero-order chi connectivity index (χ0) is 15.7. The van der Waals surface area contributed by atoms with E-state index in [0.29, 0.717) is 29.4 Å². The van der Waals surface area contributed by atoms with Crippen molar-refractivity contribution in [1.29, 1.82) is 0 Å². The number of anilines is 1. The molecule has 2 fully saturated rings. The lowest BCUT2D eigenvalue weighted by Crippen LogP contribution is -2.38. The Hall–Kier alpha value is -1.10. The molecule has 22 heavy (non-hydrogen) atoms. The van der Waals surface area contributed by atoms with Crippen LogP contribution < -0.4 is 11.1 Å². The largest absolute Gasteiger partial charge is 0.327 e. The lowest BCUT2D eigenvalue weighted by molar-refractivity contribution is -0.117. The molecule has 0 spiro atoms. The number of hydrogen-bond donors (Lipinski definition) is 2. The van der Waals surface area contributed by atoms with Crippen LogP contribution in [-0.2, 0) is 4.79 Å². The number of carbonyl (C=O) groups excluding carboxylic acids is 1. The molecule has 3 atom stereocenters. The number of halogens is 1. The summed E-state index contributed by atoms with van der Waals surface area (Å²) < 4.78 is 0. The standard InChI is InChI=1S/C17H24ClN3O/c1-11-14(18)5-3-7-16(11)20-17(22)10-21-8-12-4-2-6-15(19)13(12)9-21/h3,5,7,12-13,15H,2,4,6,8-10,19H2,1H3,(H,20,22). The van der Waals surface area contributed by atoms with Gasteiger partial charge < -0.3 is 11.1 Å². The molecule has 1 aromatic rings. The van der Waals surface area contributed by atoms with Crippen LogP contribution in [0.2, 0.25) is 5.02 Å². The summed E-state index contributed by atoms with van der Waals surface area (Å²) in [6, 6.07) is 5.88. The fourth-order valence-electron chi connectivity index (χ4n) is 3.87. The first-order valence-corrected chi connectivity index (χ1v) is 8.45. The number of carbonyl (C=O) groups is 1. The molecule has 120 valence electrons. The van der Waals surface area contributed by atoms with Crippen LogP contribution in [0.5, 0.6) is 0 Å². The van der Waals surface area contributed by atoms with E-state index in [9.17, 15) is 4.79 Å². The van der Waals surface area contributed by atoms with E-state index in [1.807, 2.05) is 25.1 Å². The molecule has 0 radical (unpaired) electrons. The number of benzene rings is 1. The normalized spacial score (nSPS) is 28.4. The SMILES string of the molecule is Cc1c(Cl)cccc1NC(=O)CN1CC2CCCC(N)C2C1. The van der Waals surface area contributed by atoms with E-state index in [1.54, 1.807) is 0 Å². The predicted octanol–water partition coefficient (Wildman–Crippen LogP) is 2.65. The Morgan fingerprint density at radius 3 is 3.00 bits per heavy atom. The van der Waals surface area contributed by atoms with E-state index in [1.165, 1.54) is 12.8 Å². The number of likely N-dealkylation sites (tertiary alicyclic amines) is 1. The molecule has 5 heteroatoms. The molecule has 1 amide bonds. The third-order valence-corrected chi connectivity index (χ3v) is 5.55. The van der Waals surface area contributed by atoms with Crippen molar-refractivity contribution in [1.82, 2.24) is 4.90 Å². The average molecular weight is 322 g/mol. The second kappa shape index (κ2) is 6.57. The number of rotatable bonds is 3. The van der Waals surface area contributed by atoms with Crippen LogP contribution in [0.4, 0.5) is 5.69 Å². The van der Waals surface area contributed by atoms with Crippen molar-refractivity contribution in [3.05, 3.63) is 28.8 Å². The highest BCUT2D eigenvalue weighted by molar-refractivity contribution is 6.31. The Morgan fingerprint density at radius 2 is 2.23 bits per heavy atom. The van der Waals surface area contributed by atoms with Crippen LogP contribution in [-0.4, -0.2) is 36.5 Å². The fraction of sp³-hybridized carbons (Fsp3) is 0.588. The van der Waals surface area contributed by atoms with Crippen molar-refractivity contribution in [2.75, 3.05) is 25.0 Å². The van der Waals surface area contributed by atoms with Gasteiger partial charge in [-0.1, -0.05) is 24.1 Å². The molecule has 1 aromatic carbocycles. The Kier molecular flexibility index (Phi) is 4.71. The number of nitrogens with two attached hydrogens (primary N) is 1. The molecular weight excluding hydrogens is 298 g/mol. The number of nitrogens with one attached hydrogen (secondary N) is 1. The predicted molar refractivity (Wildman–Crippen MR) is 90.1 cm³/mol. The summed E-state index contributed by atoms with van der Waals surface area (Å²) >= 11 is 6.09. The van der Waals surface area contributed by atoms with Crippen LogP contribution in [0.25, 0.3) is 0 Å². The molecule has 0 aromatic heterocycles. The maximum Gasteiger partial charge on any atom is 0.238 e. The highest BCUT2D eigenvalue weighted by Gasteiger charge is 2.38. The lowest BCUT2D eigenvalue weighted by atomic mass is 9.78. The minimum Gasteiger partial charge on any atom is -0.327 e. The van der Waals surface area contributed by atoms with E-state index in [0.717, 1.165) is 30.8 Å². The molecule has 4 nitrogen and oxygen atoms in total. The Balaban J connectivity index is 1.57. The molecule has 3 rings (SSSR count). The summed E-state index contributed by atoms with van der Waals surface area (Å²) in [5.41, 5.74) is 7.94. The summed E-state index contributed by atoms with van der Waals surface area (Å²) in [6.07, 6.45) is 3.61. The van der Waals surface area contributed by atoms with Gasteiger partial charge in [0.15, 0.2) is 0 Å². The van der Waals surface area contributed by atoms with Gasteiger partial charge in [0.25, 0.3) is 0 Å². The zero-order valence-electron chi connectivity index (χ0n) is 13.0. The minimum absolute atomic E-state index is 0.0255. The molecule has 3 N–H and O–H groups in total. The highest BCUT2D eigenvalue weighted by atomic mass is 35.5. The van der Waals surface area contributed by atoms with Crippen LogP contribution in [0.3, 0.4) is 0 Å². The second-order valence-electron chi connectivity index (χ2n) is 6.67. The molecule has 1 saturated carbocycles. The molecule has 1 heterocycles. The Morgan fingerprint density at radius 1 is 1.41 bits per heavy atom. The number of amides is 1. The first-order chi connectivity index (χ1) is 10.5. The molecule has 1 aliphatic heterocycles. The number of hydrogen-bond acceptors (Lipinski definition) is 3. The van der Waals surface area contributed by atoms with E-state index < -0.39 is 0 Å². The number of fused-ring (bicyclic) bond motifs is 1. The van der Waals surface area contributed by atoms with Gasteiger partial charge in [-0.2, -0.15) is 0 Å². The maximum atomic E-state index is 12.3. The van der Waals surface area contributed by atoms with Gasteiger partial charge in [-0.3, -0.25) is 9.69 Å². The van der Waals surface area contributed by atoms with Crippen molar-refractivity contribution in [3.8, 4) is 0 Å². The maximum absolute atomic E-state index is 12.3. The topological polar surface area (TPSA) is 58.4 Å². The summed E-state index contributed by atoms with van der Waals surface area (Å²) in [7, 11) is 0. The highest BCUT2D eigenvalue weighted by Crippen LogP contribution is 2.35. The van der Waals surface area contributed by atoms with Gasteiger partial charge in [-0.25, -0.2) is 0 Å². The average Bonchev–Trinajstić information content (AvgIpc) is 2.88. The Labute approximate surface area is 137 Å². The second-order valence-corrected chi connectivity index (χ2v) is 7.08. The van der Waals surface area contributed by atoms with E-state index in [4.69, 9.17) is 17.3 Å². The molecule has 1 saturated heterocycles. The van der Waals surface area contributed by atoms with E-state index in [2.05, 4.69) is 10.2 Å². The summed E-state index contributed by atoms with van der Waals surface area (Å²) in [5, 5.41) is 3.65. The zero-order valence-corrected chi connectivity index (χ0v) is 13.8. The molecule has 1 aliphatic carbocycles. The first-order valence-electron chi connectivity index (χ1n) is 8.07. The van der Waals surface area contributed by atoms with Crippen LogP contribution in [0.15, 0.2) is 18.2 Å². The van der Waals surface area contributed by atoms with Crippen molar-refractivity contribution in [2.24, 2.45) is 17.6 Å². The smallest absolute Gasteiger partial charge is 0.238 e. The quantitative estimate of drug-likeness (QED) is 0.900. The first kappa shape index (κ1) is 15.8. The van der Waals surface area contributed by atoms with Crippen LogP contribution in [0.1, 0.15) is 24.8 Å². The molecule has 2 aliphatic rings. The van der Waals surface area contributed by atoms with Crippen molar-refractivity contribution < 1.29 is 4.79 Å². The van der Waals surface area contributed by atoms with Gasteiger partial charge >= 0.3 is 0 Å². The van der Waals surface area contributed by atoms with Gasteiger partial charge in [0, 0.05) is 29.8 Å². The van der Waals surface area contributed by atoms with E-state index in [-0.39, 0.29) is 5.91 Å². The van der Waals surface area contributed by atoms with Crippen LogP contribution in [0, 0.1) is 18.8 Å². The van der Waals surface area contributed by atoms with Gasteiger partial charge in [0.1, 0.15) is 0 Å². The molecule has 0 bridgehead atoms. The Bertz CT molecular complexity index is 563. The summed E-state index contributed by atoms with van der Waals surface area (Å²) in [6.45, 7) is 4.31. The third kappa shape index (κ3) is 3.29. The summed E-state index contributed by atoms with van der Waals surface area (Å²) in [4.78, 5) is 14.5. The van der Waals surface area contributed by atoms with Gasteiger partial charge in [-0.15, -0.1) is 0 Å². The van der Waals surface area contributed by atoms with Gasteiger partial charge in [0.2, 0.25) is 5.91 Å². The fourth-order valence-corrected chi connectivity index (χ4v) is 4.05. The molecular formula is C17H24ClN3O. The van der Waals surface area contributed by atoms with Gasteiger partial charge in [-0.05, 0) is 49.3 Å². The minimum atomic E-state index is 0.0255. The third-order valence-electron chi connectivity index (χ3n) is 5.14.